The Morgan fingerprint density at radius 1 is 1.79 bits per heavy atom. The fourth-order valence-electron chi connectivity index (χ4n) is 1.16. The Morgan fingerprint density at radius 3 is 2.86 bits per heavy atom. The summed E-state index contributed by atoms with van der Waals surface area (Å²) in [5, 5.41) is 11.4. The minimum Gasteiger partial charge on any atom is -0.397 e. The van der Waals surface area contributed by atoms with Crippen LogP contribution in [0.25, 0.3) is 0 Å². The Balaban J connectivity index is 2.74. The van der Waals surface area contributed by atoms with Crippen LogP contribution < -0.4 is 11.1 Å². The van der Waals surface area contributed by atoms with Gasteiger partial charge in [0.15, 0.2) is 0 Å². The van der Waals surface area contributed by atoms with Crippen molar-refractivity contribution >= 4 is 11.6 Å². The number of hydrogen-bond donors (Lipinski definition) is 3. The first kappa shape index (κ1) is 10.6. The Labute approximate surface area is 82.5 Å². The molecule has 1 amide bonds. The summed E-state index contributed by atoms with van der Waals surface area (Å²) in [6, 6.07) is 1.35. The number of carbonyl (C=O) groups excluding carboxylic acids is 1. The summed E-state index contributed by atoms with van der Waals surface area (Å²) in [5.41, 5.74) is 6.57. The van der Waals surface area contributed by atoms with E-state index in [0.717, 1.165) is 0 Å². The third kappa shape index (κ3) is 2.26. The molecule has 4 N–H and O–H groups in total. The molecule has 0 aliphatic rings. The normalized spacial score (nSPS) is 12.5. The highest BCUT2D eigenvalue weighted by atomic mass is 16.3. The van der Waals surface area contributed by atoms with Crippen molar-refractivity contribution in [2.75, 3.05) is 12.3 Å². The van der Waals surface area contributed by atoms with Gasteiger partial charge in [0.25, 0.3) is 5.91 Å². The molecule has 0 bridgehead atoms. The molecule has 1 atom stereocenters. The summed E-state index contributed by atoms with van der Waals surface area (Å²) in [6.07, 6.45) is 1.67. The third-order valence-corrected chi connectivity index (χ3v) is 1.91. The number of aliphatic hydroxyl groups is 1. The van der Waals surface area contributed by atoms with E-state index in [4.69, 9.17) is 10.8 Å². The maximum absolute atomic E-state index is 11.5. The van der Waals surface area contributed by atoms with Gasteiger partial charge in [0.2, 0.25) is 0 Å². The molecule has 0 aliphatic carbocycles. The number of hydrogen-bond acceptors (Lipinski definition) is 3. The van der Waals surface area contributed by atoms with Crippen LogP contribution in [0.5, 0.6) is 0 Å². The fraction of sp³-hybridized carbons (Fsp3) is 0.444. The lowest BCUT2D eigenvalue weighted by molar-refractivity contribution is 0.0914. The monoisotopic (exact) mass is 197 g/mol. The molecule has 0 fully saturated rings. The van der Waals surface area contributed by atoms with Gasteiger partial charge in [0, 0.05) is 19.3 Å². The van der Waals surface area contributed by atoms with Crippen molar-refractivity contribution in [3.8, 4) is 0 Å². The van der Waals surface area contributed by atoms with Gasteiger partial charge in [-0.2, -0.15) is 0 Å². The lowest BCUT2D eigenvalue weighted by Gasteiger charge is -2.10. The van der Waals surface area contributed by atoms with E-state index in [-0.39, 0.29) is 18.6 Å². The molecule has 0 unspecified atom stereocenters. The molecule has 1 aromatic rings. The molecule has 0 spiro atoms. The van der Waals surface area contributed by atoms with Crippen molar-refractivity contribution in [2.45, 2.75) is 13.0 Å². The quantitative estimate of drug-likeness (QED) is 0.623. The summed E-state index contributed by atoms with van der Waals surface area (Å²) >= 11 is 0. The Bertz CT molecular complexity index is 333. The summed E-state index contributed by atoms with van der Waals surface area (Å²) in [6.45, 7) is 1.65. The Kier molecular flexibility index (Phi) is 3.14. The molecule has 1 heterocycles. The van der Waals surface area contributed by atoms with Crippen LogP contribution in [-0.4, -0.2) is 28.2 Å². The van der Waals surface area contributed by atoms with Crippen LogP contribution in [0.3, 0.4) is 0 Å². The second-order valence-corrected chi connectivity index (χ2v) is 3.33. The smallest absolute Gasteiger partial charge is 0.268 e. The molecule has 78 valence electrons. The summed E-state index contributed by atoms with van der Waals surface area (Å²) in [4.78, 5) is 11.5. The number of aromatic nitrogens is 1. The number of carbonyl (C=O) groups is 1. The van der Waals surface area contributed by atoms with E-state index in [1.54, 1.807) is 30.8 Å². The highest BCUT2D eigenvalue weighted by Crippen LogP contribution is 2.08. The molecule has 0 aromatic carbocycles. The number of aliphatic hydroxyl groups excluding tert-OH is 1. The van der Waals surface area contributed by atoms with Gasteiger partial charge in [0.05, 0.1) is 12.3 Å². The molecule has 1 rings (SSSR count). The van der Waals surface area contributed by atoms with Crippen molar-refractivity contribution in [3.05, 3.63) is 18.0 Å². The van der Waals surface area contributed by atoms with Gasteiger partial charge in [-0.15, -0.1) is 0 Å². The van der Waals surface area contributed by atoms with Gasteiger partial charge in [-0.05, 0) is 13.0 Å². The van der Waals surface area contributed by atoms with Crippen molar-refractivity contribution < 1.29 is 9.90 Å². The van der Waals surface area contributed by atoms with Crippen molar-refractivity contribution in [1.82, 2.24) is 9.88 Å². The fourth-order valence-corrected chi connectivity index (χ4v) is 1.16. The maximum Gasteiger partial charge on any atom is 0.268 e. The van der Waals surface area contributed by atoms with E-state index >= 15 is 0 Å². The first-order valence-corrected chi connectivity index (χ1v) is 4.38. The van der Waals surface area contributed by atoms with Crippen LogP contribution in [0, 0.1) is 0 Å². The van der Waals surface area contributed by atoms with E-state index < -0.39 is 0 Å². The number of nitrogens with zero attached hydrogens (tertiary/aromatic N) is 1. The first-order chi connectivity index (χ1) is 6.54. The molecule has 5 nitrogen and oxygen atoms in total. The van der Waals surface area contributed by atoms with Gasteiger partial charge >= 0.3 is 0 Å². The van der Waals surface area contributed by atoms with Gasteiger partial charge in [0.1, 0.15) is 5.69 Å². The highest BCUT2D eigenvalue weighted by Gasteiger charge is 2.12. The highest BCUT2D eigenvalue weighted by molar-refractivity contribution is 5.93. The molecule has 0 saturated carbocycles. The lowest BCUT2D eigenvalue weighted by atomic mass is 10.3. The minimum absolute atomic E-state index is 0.0777. The predicted molar refractivity (Wildman–Crippen MR) is 53.8 cm³/mol. The van der Waals surface area contributed by atoms with E-state index in [2.05, 4.69) is 5.32 Å². The van der Waals surface area contributed by atoms with E-state index in [0.29, 0.717) is 11.4 Å². The average molecular weight is 197 g/mol. The summed E-state index contributed by atoms with van der Waals surface area (Å²) < 4.78 is 1.65. The standard InChI is InChI=1S/C9H15N3O2/c1-6(5-13)11-9(14)8-3-7(10)4-12(8)2/h3-4,6,13H,5,10H2,1-2H3,(H,11,14)/t6-/m1/s1. The first-order valence-electron chi connectivity index (χ1n) is 4.38. The zero-order chi connectivity index (χ0) is 10.7. The molecular weight excluding hydrogens is 182 g/mol. The Morgan fingerprint density at radius 2 is 2.43 bits per heavy atom. The Hall–Kier alpha value is -1.49. The lowest BCUT2D eigenvalue weighted by Crippen LogP contribution is -2.35. The van der Waals surface area contributed by atoms with E-state index in [1.807, 2.05) is 0 Å². The van der Waals surface area contributed by atoms with E-state index in [1.165, 1.54) is 0 Å². The molecular formula is C9H15N3O2. The van der Waals surface area contributed by atoms with Crippen LogP contribution in [0.1, 0.15) is 17.4 Å². The SMILES string of the molecule is C[C@H](CO)NC(=O)c1cc(N)cn1C. The molecule has 0 radical (unpaired) electrons. The number of amides is 1. The van der Waals surface area contributed by atoms with Crippen molar-refractivity contribution in [2.24, 2.45) is 7.05 Å². The number of nitrogens with two attached hydrogens (primary N) is 1. The van der Waals surface area contributed by atoms with Crippen LogP contribution in [0.2, 0.25) is 0 Å². The van der Waals surface area contributed by atoms with Gasteiger partial charge in [-0.25, -0.2) is 0 Å². The van der Waals surface area contributed by atoms with Gasteiger partial charge in [-0.1, -0.05) is 0 Å². The third-order valence-electron chi connectivity index (χ3n) is 1.91. The largest absolute Gasteiger partial charge is 0.397 e. The molecule has 0 saturated heterocycles. The summed E-state index contributed by atoms with van der Waals surface area (Å²) in [5.74, 6) is -0.231. The van der Waals surface area contributed by atoms with Crippen LogP contribution in [0.4, 0.5) is 5.69 Å². The summed E-state index contributed by atoms with van der Waals surface area (Å²) in [7, 11) is 1.74. The number of aryl methyl sites for hydroxylation is 1. The average Bonchev–Trinajstić information content (AvgIpc) is 2.45. The van der Waals surface area contributed by atoms with Crippen LogP contribution in [0.15, 0.2) is 12.3 Å². The van der Waals surface area contributed by atoms with Crippen molar-refractivity contribution in [1.29, 1.82) is 0 Å². The van der Waals surface area contributed by atoms with Crippen LogP contribution in [-0.2, 0) is 7.05 Å². The van der Waals surface area contributed by atoms with Gasteiger partial charge < -0.3 is 20.7 Å². The second kappa shape index (κ2) is 4.15. The molecule has 5 heteroatoms. The zero-order valence-corrected chi connectivity index (χ0v) is 8.32. The van der Waals surface area contributed by atoms with E-state index in [9.17, 15) is 4.79 Å². The maximum atomic E-state index is 11.5. The zero-order valence-electron chi connectivity index (χ0n) is 8.32. The number of rotatable bonds is 3. The second-order valence-electron chi connectivity index (χ2n) is 3.33. The van der Waals surface area contributed by atoms with Crippen molar-refractivity contribution in [3.63, 3.8) is 0 Å². The van der Waals surface area contributed by atoms with Gasteiger partial charge in [-0.3, -0.25) is 4.79 Å². The minimum atomic E-state index is -0.251. The topological polar surface area (TPSA) is 80.3 Å². The molecule has 1 aromatic heterocycles. The predicted octanol–water partition coefficient (Wildman–Crippen LogP) is -0.282. The number of anilines is 1. The molecule has 14 heavy (non-hydrogen) atoms. The molecule has 0 aliphatic heterocycles. The van der Waals surface area contributed by atoms with Crippen LogP contribution >= 0.6 is 0 Å². The number of nitrogens with one attached hydrogen (secondary N) is 1. The number of nitrogen functional groups attached to an aromatic ring is 1.